The minimum Gasteiger partial charge on any atom is -0.497 e. The summed E-state index contributed by atoms with van der Waals surface area (Å²) in [5.41, 5.74) is 1.61. The van der Waals surface area contributed by atoms with Gasteiger partial charge in [-0.25, -0.2) is 0 Å². The van der Waals surface area contributed by atoms with Gasteiger partial charge in [-0.15, -0.1) is 0 Å². The molecular formula is C16H19NO4. The van der Waals surface area contributed by atoms with Gasteiger partial charge in [0.2, 0.25) is 0 Å². The van der Waals surface area contributed by atoms with Crippen LogP contribution in [0.4, 0.5) is 0 Å². The van der Waals surface area contributed by atoms with E-state index in [0.29, 0.717) is 17.9 Å². The quantitative estimate of drug-likeness (QED) is 0.855. The topological polar surface area (TPSA) is 71.7 Å². The van der Waals surface area contributed by atoms with Crippen LogP contribution in [0.1, 0.15) is 28.7 Å². The van der Waals surface area contributed by atoms with Gasteiger partial charge in [0.25, 0.3) is 0 Å². The zero-order valence-electron chi connectivity index (χ0n) is 12.3. The lowest BCUT2D eigenvalue weighted by atomic mass is 10.1. The summed E-state index contributed by atoms with van der Waals surface area (Å²) < 4.78 is 10.6. The van der Waals surface area contributed by atoms with Crippen LogP contribution in [0.15, 0.2) is 34.7 Å². The Bertz CT molecular complexity index is 633. The Kier molecular flexibility index (Phi) is 4.65. The lowest BCUT2D eigenvalue weighted by Gasteiger charge is -2.15. The van der Waals surface area contributed by atoms with E-state index in [1.807, 2.05) is 19.9 Å². The van der Waals surface area contributed by atoms with E-state index in [1.165, 1.54) is 0 Å². The minimum absolute atomic E-state index is 0.428. The highest BCUT2D eigenvalue weighted by atomic mass is 16.5. The van der Waals surface area contributed by atoms with Gasteiger partial charge in [0.1, 0.15) is 23.3 Å². The van der Waals surface area contributed by atoms with Crippen LogP contribution in [0.5, 0.6) is 5.75 Å². The van der Waals surface area contributed by atoms with Crippen molar-refractivity contribution in [2.75, 3.05) is 7.11 Å². The third-order valence-corrected chi connectivity index (χ3v) is 3.31. The molecule has 0 aliphatic heterocycles. The van der Waals surface area contributed by atoms with Gasteiger partial charge in [-0.05, 0) is 37.6 Å². The summed E-state index contributed by atoms with van der Waals surface area (Å²) in [6.45, 7) is 4.16. The molecule has 21 heavy (non-hydrogen) atoms. The molecule has 0 spiro atoms. The Morgan fingerprint density at radius 3 is 2.71 bits per heavy atom. The average molecular weight is 289 g/mol. The zero-order valence-corrected chi connectivity index (χ0v) is 12.3. The lowest BCUT2D eigenvalue weighted by Crippen LogP contribution is -2.28. The number of methoxy groups -OCH3 is 1. The number of carboxylic acids is 1. The Labute approximate surface area is 123 Å². The first-order valence-corrected chi connectivity index (χ1v) is 6.67. The van der Waals surface area contributed by atoms with Crippen molar-refractivity contribution in [2.45, 2.75) is 26.4 Å². The maximum Gasteiger partial charge on any atom is 0.325 e. The summed E-state index contributed by atoms with van der Waals surface area (Å²) in [6, 6.07) is 8.16. The molecule has 2 rings (SSSR count). The van der Waals surface area contributed by atoms with Gasteiger partial charge >= 0.3 is 5.97 Å². The van der Waals surface area contributed by atoms with E-state index in [-0.39, 0.29) is 0 Å². The van der Waals surface area contributed by atoms with Crippen LogP contribution in [0.3, 0.4) is 0 Å². The van der Waals surface area contributed by atoms with Crippen molar-refractivity contribution in [2.24, 2.45) is 0 Å². The molecule has 0 amide bonds. The Morgan fingerprint density at radius 2 is 2.14 bits per heavy atom. The number of carboxylic acid groups (broad SMARTS) is 1. The van der Waals surface area contributed by atoms with Gasteiger partial charge < -0.3 is 14.3 Å². The van der Waals surface area contributed by atoms with E-state index in [4.69, 9.17) is 9.15 Å². The highest BCUT2D eigenvalue weighted by Crippen LogP contribution is 2.21. The number of hydrogen-bond donors (Lipinski definition) is 2. The molecule has 1 atom stereocenters. The molecule has 0 bridgehead atoms. The molecule has 0 aliphatic carbocycles. The standard InChI is InChI=1S/C16H19NO4/c1-10-7-13(11(2)21-10)9-17-15(16(18)19)12-5-4-6-14(8-12)20-3/h4-8,15,17H,9H2,1-3H3,(H,18,19). The highest BCUT2D eigenvalue weighted by molar-refractivity contribution is 5.75. The minimum atomic E-state index is -0.930. The molecule has 0 radical (unpaired) electrons. The van der Waals surface area contributed by atoms with Crippen molar-refractivity contribution in [1.29, 1.82) is 0 Å². The Morgan fingerprint density at radius 1 is 1.38 bits per heavy atom. The maximum atomic E-state index is 11.5. The number of aliphatic carboxylic acids is 1. The molecule has 0 fully saturated rings. The molecule has 1 heterocycles. The van der Waals surface area contributed by atoms with Crippen LogP contribution < -0.4 is 10.1 Å². The average Bonchev–Trinajstić information content (AvgIpc) is 2.77. The predicted octanol–water partition coefficient (Wildman–Crippen LogP) is 2.82. The third kappa shape index (κ3) is 3.64. The molecule has 1 unspecified atom stereocenters. The molecule has 2 N–H and O–H groups in total. The normalized spacial score (nSPS) is 12.1. The van der Waals surface area contributed by atoms with Crippen molar-refractivity contribution in [3.8, 4) is 5.75 Å². The largest absolute Gasteiger partial charge is 0.497 e. The lowest BCUT2D eigenvalue weighted by molar-refractivity contribution is -0.139. The van der Waals surface area contributed by atoms with Crippen molar-refractivity contribution < 1.29 is 19.1 Å². The summed E-state index contributed by atoms with van der Waals surface area (Å²) in [6.07, 6.45) is 0. The number of benzene rings is 1. The van der Waals surface area contributed by atoms with Crippen molar-refractivity contribution in [3.63, 3.8) is 0 Å². The summed E-state index contributed by atoms with van der Waals surface area (Å²) in [5.74, 6) is 1.32. The molecule has 1 aromatic carbocycles. The molecule has 112 valence electrons. The zero-order chi connectivity index (χ0) is 15.4. The van der Waals surface area contributed by atoms with E-state index in [1.54, 1.807) is 31.4 Å². The SMILES string of the molecule is COc1cccc(C(NCc2cc(C)oc2C)C(=O)O)c1. The molecule has 5 heteroatoms. The van der Waals surface area contributed by atoms with Crippen LogP contribution in [-0.2, 0) is 11.3 Å². The molecule has 5 nitrogen and oxygen atoms in total. The van der Waals surface area contributed by atoms with Crippen LogP contribution in [0.25, 0.3) is 0 Å². The van der Waals surface area contributed by atoms with E-state index in [9.17, 15) is 9.90 Å². The maximum absolute atomic E-state index is 11.5. The Balaban J connectivity index is 2.16. The number of carbonyl (C=O) groups is 1. The van der Waals surface area contributed by atoms with Gasteiger partial charge in [-0.3, -0.25) is 10.1 Å². The van der Waals surface area contributed by atoms with Crippen molar-refractivity contribution >= 4 is 5.97 Å². The monoisotopic (exact) mass is 289 g/mol. The predicted molar refractivity (Wildman–Crippen MR) is 78.4 cm³/mol. The van der Waals surface area contributed by atoms with E-state index in [0.717, 1.165) is 17.1 Å². The molecular weight excluding hydrogens is 270 g/mol. The second-order valence-corrected chi connectivity index (χ2v) is 4.87. The highest BCUT2D eigenvalue weighted by Gasteiger charge is 2.20. The van der Waals surface area contributed by atoms with Gasteiger partial charge in [0.05, 0.1) is 7.11 Å². The molecule has 0 aliphatic rings. The van der Waals surface area contributed by atoms with E-state index < -0.39 is 12.0 Å². The molecule has 1 aromatic heterocycles. The van der Waals surface area contributed by atoms with Gasteiger partial charge in [-0.2, -0.15) is 0 Å². The molecule has 0 saturated carbocycles. The number of hydrogen-bond acceptors (Lipinski definition) is 4. The second kappa shape index (κ2) is 6.45. The number of aryl methyl sites for hydroxylation is 2. The summed E-state index contributed by atoms with van der Waals surface area (Å²) in [7, 11) is 1.56. The summed E-state index contributed by atoms with van der Waals surface area (Å²) >= 11 is 0. The van der Waals surface area contributed by atoms with Crippen molar-refractivity contribution in [1.82, 2.24) is 5.32 Å². The number of rotatable bonds is 6. The number of furan rings is 1. The van der Waals surface area contributed by atoms with Crippen LogP contribution in [-0.4, -0.2) is 18.2 Å². The van der Waals surface area contributed by atoms with Crippen LogP contribution >= 0.6 is 0 Å². The third-order valence-electron chi connectivity index (χ3n) is 3.31. The van der Waals surface area contributed by atoms with Crippen LogP contribution in [0, 0.1) is 13.8 Å². The first-order chi connectivity index (χ1) is 10.0. The first kappa shape index (κ1) is 15.1. The van der Waals surface area contributed by atoms with E-state index >= 15 is 0 Å². The summed E-state index contributed by atoms with van der Waals surface area (Å²) in [4.78, 5) is 11.5. The fraction of sp³-hybridized carbons (Fsp3) is 0.312. The van der Waals surface area contributed by atoms with Crippen LogP contribution in [0.2, 0.25) is 0 Å². The smallest absolute Gasteiger partial charge is 0.325 e. The fourth-order valence-electron chi connectivity index (χ4n) is 2.24. The number of ether oxygens (including phenoxy) is 1. The Hall–Kier alpha value is -2.27. The number of nitrogens with one attached hydrogen (secondary N) is 1. The molecule has 0 saturated heterocycles. The molecule has 2 aromatic rings. The van der Waals surface area contributed by atoms with Gasteiger partial charge in [-0.1, -0.05) is 12.1 Å². The van der Waals surface area contributed by atoms with Gasteiger partial charge in [0, 0.05) is 12.1 Å². The van der Waals surface area contributed by atoms with E-state index in [2.05, 4.69) is 5.32 Å². The van der Waals surface area contributed by atoms with Crippen molar-refractivity contribution in [3.05, 3.63) is 53.0 Å². The second-order valence-electron chi connectivity index (χ2n) is 4.87. The summed E-state index contributed by atoms with van der Waals surface area (Å²) in [5, 5.41) is 12.5. The fourth-order valence-corrected chi connectivity index (χ4v) is 2.24. The van der Waals surface area contributed by atoms with Gasteiger partial charge in [0.15, 0.2) is 0 Å². The first-order valence-electron chi connectivity index (χ1n) is 6.67.